The molecule has 3 atom stereocenters. The van der Waals surface area contributed by atoms with Crippen molar-refractivity contribution in [2.24, 2.45) is 0 Å². The highest BCUT2D eigenvalue weighted by Crippen LogP contribution is 2.05. The minimum atomic E-state index is -0.155. The fourth-order valence-electron chi connectivity index (χ4n) is 2.02. The van der Waals surface area contributed by atoms with Gasteiger partial charge in [-0.15, -0.1) is 0 Å². The molecule has 0 radical (unpaired) electrons. The lowest BCUT2D eigenvalue weighted by Gasteiger charge is -2.36. The number of nitrogens with one attached hydrogen (secondary N) is 1. The molecule has 1 aliphatic rings. The molecule has 1 heterocycles. The molecule has 0 aromatic rings. The standard InChI is InChI=1S/C10H22N2O/c1-4-10(13)7-12-5-8(2)11-9(3)6-12/h8-11,13H,4-7H2,1-3H3/t8?,9?,10-/m0/s1. The van der Waals surface area contributed by atoms with E-state index in [2.05, 4.69) is 24.1 Å². The third-order valence-electron chi connectivity index (χ3n) is 2.57. The van der Waals surface area contributed by atoms with Gasteiger partial charge in [-0.05, 0) is 20.3 Å². The summed E-state index contributed by atoms with van der Waals surface area (Å²) in [4.78, 5) is 2.35. The Labute approximate surface area is 81.1 Å². The first-order valence-electron chi connectivity index (χ1n) is 5.28. The highest BCUT2D eigenvalue weighted by atomic mass is 16.3. The lowest BCUT2D eigenvalue weighted by atomic mass is 10.1. The first-order valence-corrected chi connectivity index (χ1v) is 5.28. The Hall–Kier alpha value is -0.120. The van der Waals surface area contributed by atoms with E-state index in [9.17, 15) is 5.11 Å². The van der Waals surface area contributed by atoms with Crippen LogP contribution in [0.5, 0.6) is 0 Å². The van der Waals surface area contributed by atoms with Crippen molar-refractivity contribution in [1.29, 1.82) is 0 Å². The maximum absolute atomic E-state index is 9.52. The maximum Gasteiger partial charge on any atom is 0.0664 e. The highest BCUT2D eigenvalue weighted by Gasteiger charge is 2.21. The topological polar surface area (TPSA) is 35.5 Å². The number of aliphatic hydroxyl groups is 1. The molecule has 0 amide bonds. The van der Waals surface area contributed by atoms with E-state index in [4.69, 9.17) is 0 Å². The van der Waals surface area contributed by atoms with E-state index < -0.39 is 0 Å². The Kier molecular flexibility index (Phi) is 4.16. The molecule has 2 unspecified atom stereocenters. The zero-order chi connectivity index (χ0) is 9.84. The Bertz CT molecular complexity index is 142. The second-order valence-electron chi connectivity index (χ2n) is 4.25. The lowest BCUT2D eigenvalue weighted by molar-refractivity contribution is 0.0826. The zero-order valence-corrected chi connectivity index (χ0v) is 8.95. The van der Waals surface area contributed by atoms with Gasteiger partial charge in [0.1, 0.15) is 0 Å². The highest BCUT2D eigenvalue weighted by molar-refractivity contribution is 4.81. The molecule has 0 bridgehead atoms. The van der Waals surface area contributed by atoms with Gasteiger partial charge in [0.2, 0.25) is 0 Å². The van der Waals surface area contributed by atoms with Gasteiger partial charge in [0.15, 0.2) is 0 Å². The smallest absolute Gasteiger partial charge is 0.0664 e. The predicted octanol–water partition coefficient (Wildman–Crippen LogP) is 0.439. The van der Waals surface area contributed by atoms with E-state index in [1.165, 1.54) is 0 Å². The number of piperazine rings is 1. The number of nitrogens with zero attached hydrogens (tertiary/aromatic N) is 1. The SMILES string of the molecule is CC[C@H](O)CN1CC(C)NC(C)C1. The predicted molar refractivity (Wildman–Crippen MR) is 54.8 cm³/mol. The molecule has 3 heteroatoms. The number of aliphatic hydroxyl groups excluding tert-OH is 1. The molecule has 1 aliphatic heterocycles. The van der Waals surface area contributed by atoms with Crippen LogP contribution in [-0.2, 0) is 0 Å². The quantitative estimate of drug-likeness (QED) is 0.671. The molecule has 0 saturated carbocycles. The molecule has 3 nitrogen and oxygen atoms in total. The largest absolute Gasteiger partial charge is 0.392 e. The molecule has 13 heavy (non-hydrogen) atoms. The molecule has 1 saturated heterocycles. The van der Waals surface area contributed by atoms with Gasteiger partial charge in [0.25, 0.3) is 0 Å². The summed E-state index contributed by atoms with van der Waals surface area (Å²) >= 11 is 0. The van der Waals surface area contributed by atoms with Crippen LogP contribution in [0.4, 0.5) is 0 Å². The van der Waals surface area contributed by atoms with Gasteiger partial charge in [-0.1, -0.05) is 6.92 Å². The second kappa shape index (κ2) is 4.94. The van der Waals surface area contributed by atoms with E-state index in [-0.39, 0.29) is 6.10 Å². The fraction of sp³-hybridized carbons (Fsp3) is 1.00. The molecule has 78 valence electrons. The summed E-state index contributed by atoms with van der Waals surface area (Å²) in [6.45, 7) is 9.36. The first kappa shape index (κ1) is 11.0. The molecule has 0 aromatic heterocycles. The summed E-state index contributed by atoms with van der Waals surface area (Å²) in [5, 5.41) is 13.0. The average molecular weight is 186 g/mol. The molecular weight excluding hydrogens is 164 g/mol. The third kappa shape index (κ3) is 3.63. The summed E-state index contributed by atoms with van der Waals surface area (Å²) < 4.78 is 0. The van der Waals surface area contributed by atoms with Gasteiger partial charge in [0.05, 0.1) is 6.10 Å². The molecular formula is C10H22N2O. The molecule has 1 rings (SSSR count). The van der Waals surface area contributed by atoms with Gasteiger partial charge in [-0.25, -0.2) is 0 Å². The minimum absolute atomic E-state index is 0.155. The molecule has 0 spiro atoms. The number of rotatable bonds is 3. The number of hydrogen-bond donors (Lipinski definition) is 2. The minimum Gasteiger partial charge on any atom is -0.392 e. The van der Waals surface area contributed by atoms with Crippen LogP contribution in [0.25, 0.3) is 0 Å². The molecule has 0 aliphatic carbocycles. The van der Waals surface area contributed by atoms with Gasteiger partial charge < -0.3 is 10.4 Å². The normalized spacial score (nSPS) is 33.2. The average Bonchev–Trinajstić information content (AvgIpc) is 2.02. The van der Waals surface area contributed by atoms with Gasteiger partial charge >= 0.3 is 0 Å². The zero-order valence-electron chi connectivity index (χ0n) is 8.95. The van der Waals surface area contributed by atoms with Crippen molar-refractivity contribution in [3.05, 3.63) is 0 Å². The van der Waals surface area contributed by atoms with Crippen molar-refractivity contribution >= 4 is 0 Å². The number of hydrogen-bond acceptors (Lipinski definition) is 3. The van der Waals surface area contributed by atoms with Crippen LogP contribution in [-0.4, -0.2) is 47.8 Å². The lowest BCUT2D eigenvalue weighted by Crippen LogP contribution is -2.55. The van der Waals surface area contributed by atoms with Gasteiger partial charge in [-0.3, -0.25) is 4.90 Å². The summed E-state index contributed by atoms with van der Waals surface area (Å²) in [6, 6.07) is 1.10. The van der Waals surface area contributed by atoms with E-state index >= 15 is 0 Å². The Morgan fingerprint density at radius 1 is 1.38 bits per heavy atom. The third-order valence-corrected chi connectivity index (χ3v) is 2.57. The van der Waals surface area contributed by atoms with Crippen LogP contribution < -0.4 is 5.32 Å². The molecule has 1 fully saturated rings. The van der Waals surface area contributed by atoms with Crippen LogP contribution in [0, 0.1) is 0 Å². The van der Waals surface area contributed by atoms with Crippen molar-refractivity contribution in [2.75, 3.05) is 19.6 Å². The van der Waals surface area contributed by atoms with Crippen LogP contribution in [0.1, 0.15) is 27.2 Å². The van der Waals surface area contributed by atoms with Crippen molar-refractivity contribution < 1.29 is 5.11 Å². The van der Waals surface area contributed by atoms with Crippen LogP contribution in [0.2, 0.25) is 0 Å². The maximum atomic E-state index is 9.52. The van der Waals surface area contributed by atoms with Crippen molar-refractivity contribution in [3.8, 4) is 0 Å². The second-order valence-corrected chi connectivity index (χ2v) is 4.25. The van der Waals surface area contributed by atoms with Gasteiger partial charge in [0, 0.05) is 31.7 Å². The Balaban J connectivity index is 2.32. The Morgan fingerprint density at radius 2 is 1.92 bits per heavy atom. The summed E-state index contributed by atoms with van der Waals surface area (Å²) in [6.07, 6.45) is 0.699. The summed E-state index contributed by atoms with van der Waals surface area (Å²) in [7, 11) is 0. The summed E-state index contributed by atoms with van der Waals surface area (Å²) in [5.74, 6) is 0. The van der Waals surface area contributed by atoms with Crippen LogP contribution in [0.15, 0.2) is 0 Å². The van der Waals surface area contributed by atoms with Crippen molar-refractivity contribution in [2.45, 2.75) is 45.4 Å². The number of β-amino-alcohol motifs (C(OH)–C–C–N with tert-alkyl or cyclic N) is 1. The van der Waals surface area contributed by atoms with Crippen LogP contribution in [0.3, 0.4) is 0 Å². The first-order chi connectivity index (χ1) is 6.11. The Morgan fingerprint density at radius 3 is 2.38 bits per heavy atom. The molecule has 0 aromatic carbocycles. The monoisotopic (exact) mass is 186 g/mol. The van der Waals surface area contributed by atoms with Crippen LogP contribution >= 0.6 is 0 Å². The van der Waals surface area contributed by atoms with E-state index in [0.717, 1.165) is 26.1 Å². The van der Waals surface area contributed by atoms with E-state index in [1.54, 1.807) is 0 Å². The summed E-state index contributed by atoms with van der Waals surface area (Å²) in [5.41, 5.74) is 0. The van der Waals surface area contributed by atoms with E-state index in [1.807, 2.05) is 6.92 Å². The van der Waals surface area contributed by atoms with Crippen molar-refractivity contribution in [3.63, 3.8) is 0 Å². The van der Waals surface area contributed by atoms with Crippen molar-refractivity contribution in [1.82, 2.24) is 10.2 Å². The fourth-order valence-corrected chi connectivity index (χ4v) is 2.02. The van der Waals surface area contributed by atoms with Gasteiger partial charge in [-0.2, -0.15) is 0 Å². The van der Waals surface area contributed by atoms with E-state index in [0.29, 0.717) is 12.1 Å². The molecule has 2 N–H and O–H groups in total.